The highest BCUT2D eigenvalue weighted by Crippen LogP contribution is 2.25. The zero-order chi connectivity index (χ0) is 14.9. The van der Waals surface area contributed by atoms with Gasteiger partial charge in [0.15, 0.2) is 11.6 Å². The third kappa shape index (κ3) is 2.95. The molecule has 0 aliphatic carbocycles. The Bertz CT molecular complexity index is 609. The van der Waals surface area contributed by atoms with Gasteiger partial charge in [-0.25, -0.2) is 17.2 Å². The summed E-state index contributed by atoms with van der Waals surface area (Å²) in [6.45, 7) is 2.15. The van der Waals surface area contributed by atoms with E-state index in [-0.39, 0.29) is 37.2 Å². The van der Waals surface area contributed by atoms with Crippen LogP contribution in [0.15, 0.2) is 17.0 Å². The average molecular weight is 326 g/mol. The summed E-state index contributed by atoms with van der Waals surface area (Å²) in [6, 6.07) is 1.96. The van der Waals surface area contributed by atoms with E-state index in [4.69, 9.17) is 16.3 Å². The number of halogens is 3. The topological polar surface area (TPSA) is 46.6 Å². The normalized spacial score (nSPS) is 21.1. The first kappa shape index (κ1) is 15.6. The van der Waals surface area contributed by atoms with Gasteiger partial charge in [-0.05, 0) is 24.6 Å². The van der Waals surface area contributed by atoms with E-state index in [2.05, 4.69) is 0 Å². The van der Waals surface area contributed by atoms with Gasteiger partial charge < -0.3 is 4.74 Å². The van der Waals surface area contributed by atoms with Gasteiger partial charge in [0.2, 0.25) is 10.0 Å². The number of alkyl halides is 1. The summed E-state index contributed by atoms with van der Waals surface area (Å²) >= 11 is 5.56. The summed E-state index contributed by atoms with van der Waals surface area (Å²) in [5.41, 5.74) is 0.213. The Hall–Kier alpha value is -0.760. The minimum absolute atomic E-state index is 0.0980. The van der Waals surface area contributed by atoms with E-state index in [0.717, 1.165) is 16.4 Å². The second-order valence-corrected chi connectivity index (χ2v) is 6.74. The van der Waals surface area contributed by atoms with E-state index in [9.17, 15) is 17.2 Å². The van der Waals surface area contributed by atoms with Crippen LogP contribution in [-0.2, 0) is 20.6 Å². The standard InChI is InChI=1S/C12H14ClF2NO3S/c1-8-7-16(2-3-19-8)20(17,18)11-5-9(6-13)4-10(14)12(11)15/h4-5,8H,2-3,6-7H2,1H3. The fourth-order valence-electron chi connectivity index (χ4n) is 2.03. The van der Waals surface area contributed by atoms with Crippen molar-refractivity contribution in [1.29, 1.82) is 0 Å². The molecule has 1 unspecified atom stereocenters. The maximum Gasteiger partial charge on any atom is 0.246 e. The van der Waals surface area contributed by atoms with Crippen molar-refractivity contribution < 1.29 is 21.9 Å². The molecule has 1 fully saturated rings. The molecular formula is C12H14ClF2NO3S. The molecule has 2 rings (SSSR count). The lowest BCUT2D eigenvalue weighted by Gasteiger charge is -2.30. The van der Waals surface area contributed by atoms with Crippen LogP contribution in [0.2, 0.25) is 0 Å². The summed E-state index contributed by atoms with van der Waals surface area (Å²) < 4.78 is 58.4. The minimum Gasteiger partial charge on any atom is -0.376 e. The summed E-state index contributed by atoms with van der Waals surface area (Å²) in [5, 5.41) is 0. The maximum absolute atomic E-state index is 13.8. The summed E-state index contributed by atoms with van der Waals surface area (Å²) in [7, 11) is -4.10. The molecule has 0 radical (unpaired) electrons. The number of hydrogen-bond donors (Lipinski definition) is 0. The molecular weight excluding hydrogens is 312 g/mol. The summed E-state index contributed by atoms with van der Waals surface area (Å²) in [6.07, 6.45) is -0.289. The van der Waals surface area contributed by atoms with Crippen molar-refractivity contribution in [2.45, 2.75) is 23.8 Å². The Morgan fingerprint density at radius 1 is 1.45 bits per heavy atom. The maximum atomic E-state index is 13.8. The summed E-state index contributed by atoms with van der Waals surface area (Å²) in [4.78, 5) is -0.678. The highest BCUT2D eigenvalue weighted by molar-refractivity contribution is 7.89. The molecule has 0 N–H and O–H groups in total. The van der Waals surface area contributed by atoms with Crippen LogP contribution in [0.4, 0.5) is 8.78 Å². The molecule has 1 aromatic carbocycles. The molecule has 8 heteroatoms. The molecule has 1 aromatic rings. The molecule has 1 atom stereocenters. The second kappa shape index (κ2) is 5.93. The van der Waals surface area contributed by atoms with Gasteiger partial charge in [-0.15, -0.1) is 11.6 Å². The van der Waals surface area contributed by atoms with Gasteiger partial charge in [0.25, 0.3) is 0 Å². The Kier molecular flexibility index (Phi) is 4.63. The number of nitrogens with zero attached hydrogens (tertiary/aromatic N) is 1. The smallest absolute Gasteiger partial charge is 0.246 e. The number of benzene rings is 1. The largest absolute Gasteiger partial charge is 0.376 e. The number of rotatable bonds is 3. The highest BCUT2D eigenvalue weighted by Gasteiger charge is 2.32. The quantitative estimate of drug-likeness (QED) is 0.800. The monoisotopic (exact) mass is 325 g/mol. The van der Waals surface area contributed by atoms with Crippen molar-refractivity contribution in [3.05, 3.63) is 29.3 Å². The van der Waals surface area contributed by atoms with Crippen molar-refractivity contribution in [3.63, 3.8) is 0 Å². The van der Waals surface area contributed by atoms with Gasteiger partial charge in [-0.1, -0.05) is 0 Å². The molecule has 20 heavy (non-hydrogen) atoms. The van der Waals surface area contributed by atoms with E-state index in [1.807, 2.05) is 0 Å². The third-order valence-electron chi connectivity index (χ3n) is 3.03. The van der Waals surface area contributed by atoms with Crippen LogP contribution in [-0.4, -0.2) is 38.5 Å². The number of sulfonamides is 1. The molecule has 0 saturated carbocycles. The Morgan fingerprint density at radius 2 is 2.15 bits per heavy atom. The summed E-state index contributed by atoms with van der Waals surface area (Å²) in [5.74, 6) is -2.69. The van der Waals surface area contributed by atoms with Gasteiger partial charge in [0.05, 0.1) is 12.7 Å². The number of hydrogen-bond acceptors (Lipinski definition) is 3. The van der Waals surface area contributed by atoms with Gasteiger partial charge in [-0.3, -0.25) is 0 Å². The van der Waals surface area contributed by atoms with Gasteiger partial charge in [0, 0.05) is 19.0 Å². The molecule has 0 amide bonds. The van der Waals surface area contributed by atoms with Crippen LogP contribution in [0, 0.1) is 11.6 Å². The SMILES string of the molecule is CC1CN(S(=O)(=O)c2cc(CCl)cc(F)c2F)CCO1. The van der Waals surface area contributed by atoms with Crippen molar-refractivity contribution in [2.24, 2.45) is 0 Å². The molecule has 0 spiro atoms. The first-order valence-corrected chi connectivity index (χ1v) is 7.99. The predicted octanol–water partition coefficient (Wildman–Crippen LogP) is 2.11. The number of morpholine rings is 1. The average Bonchev–Trinajstić information content (AvgIpc) is 2.41. The van der Waals surface area contributed by atoms with Crippen LogP contribution in [0.3, 0.4) is 0 Å². The molecule has 1 aliphatic rings. The van der Waals surface area contributed by atoms with E-state index >= 15 is 0 Å². The zero-order valence-electron chi connectivity index (χ0n) is 10.8. The molecule has 0 bridgehead atoms. The van der Waals surface area contributed by atoms with Crippen molar-refractivity contribution >= 4 is 21.6 Å². The first-order chi connectivity index (χ1) is 9.36. The molecule has 112 valence electrons. The lowest BCUT2D eigenvalue weighted by Crippen LogP contribution is -2.44. The fraction of sp³-hybridized carbons (Fsp3) is 0.500. The Labute approximate surface area is 121 Å². The van der Waals surface area contributed by atoms with Crippen LogP contribution in [0.5, 0.6) is 0 Å². The molecule has 4 nitrogen and oxygen atoms in total. The number of ether oxygens (including phenoxy) is 1. The first-order valence-electron chi connectivity index (χ1n) is 6.02. The van der Waals surface area contributed by atoms with E-state index in [1.54, 1.807) is 6.92 Å². The molecule has 0 aromatic heterocycles. The minimum atomic E-state index is -4.10. The van der Waals surface area contributed by atoms with Crippen LogP contribution in [0.25, 0.3) is 0 Å². The van der Waals surface area contributed by atoms with Crippen LogP contribution < -0.4 is 0 Å². The van der Waals surface area contributed by atoms with Crippen molar-refractivity contribution in [2.75, 3.05) is 19.7 Å². The van der Waals surface area contributed by atoms with Gasteiger partial charge in [0.1, 0.15) is 4.90 Å². The third-order valence-corrected chi connectivity index (χ3v) is 5.20. The zero-order valence-corrected chi connectivity index (χ0v) is 12.3. The fourth-order valence-corrected chi connectivity index (χ4v) is 3.80. The molecule has 1 saturated heterocycles. The van der Waals surface area contributed by atoms with E-state index in [0.29, 0.717) is 0 Å². The molecule has 1 heterocycles. The van der Waals surface area contributed by atoms with E-state index in [1.165, 1.54) is 0 Å². The van der Waals surface area contributed by atoms with E-state index < -0.39 is 26.6 Å². The van der Waals surface area contributed by atoms with Crippen LogP contribution in [0.1, 0.15) is 12.5 Å². The molecule has 1 aliphatic heterocycles. The Balaban J connectivity index is 2.46. The Morgan fingerprint density at radius 3 is 2.75 bits per heavy atom. The van der Waals surface area contributed by atoms with Crippen molar-refractivity contribution in [1.82, 2.24) is 4.31 Å². The lowest BCUT2D eigenvalue weighted by molar-refractivity contribution is 0.0101. The second-order valence-electron chi connectivity index (χ2n) is 4.57. The predicted molar refractivity (Wildman–Crippen MR) is 70.1 cm³/mol. The van der Waals surface area contributed by atoms with Gasteiger partial charge in [-0.2, -0.15) is 4.31 Å². The lowest BCUT2D eigenvalue weighted by atomic mass is 10.2. The van der Waals surface area contributed by atoms with Crippen LogP contribution >= 0.6 is 11.6 Å². The van der Waals surface area contributed by atoms with Gasteiger partial charge >= 0.3 is 0 Å². The van der Waals surface area contributed by atoms with Crippen molar-refractivity contribution in [3.8, 4) is 0 Å². The highest BCUT2D eigenvalue weighted by atomic mass is 35.5.